The third kappa shape index (κ3) is 3.87. The maximum absolute atomic E-state index is 12.1. The maximum atomic E-state index is 12.1. The third-order valence-corrected chi connectivity index (χ3v) is 10.3. The average molecular weight is 443 g/mol. The van der Waals surface area contributed by atoms with Gasteiger partial charge in [0.15, 0.2) is 5.78 Å². The lowest BCUT2D eigenvalue weighted by atomic mass is 9.46. The van der Waals surface area contributed by atoms with Gasteiger partial charge in [-0.3, -0.25) is 9.69 Å². The summed E-state index contributed by atoms with van der Waals surface area (Å²) >= 11 is 0. The van der Waals surface area contributed by atoms with Gasteiger partial charge in [0, 0.05) is 32.0 Å². The highest BCUT2D eigenvalue weighted by molar-refractivity contribution is 5.91. The average Bonchev–Trinajstić information content (AvgIpc) is 3.15. The molecule has 4 aliphatic carbocycles. The molecule has 0 aromatic carbocycles. The van der Waals surface area contributed by atoms with E-state index in [1.165, 1.54) is 43.4 Å². The molecule has 0 aromatic rings. The van der Waals surface area contributed by atoms with Crippen LogP contribution in [0, 0.1) is 34.5 Å². The summed E-state index contributed by atoms with van der Waals surface area (Å²) in [5.74, 6) is 3.27. The summed E-state index contributed by atoms with van der Waals surface area (Å²) in [6.07, 6.45) is 11.4. The highest BCUT2D eigenvalue weighted by atomic mass is 16.6. The lowest BCUT2D eigenvalue weighted by molar-refractivity contribution is -0.117. The molecule has 0 bridgehead atoms. The molecule has 32 heavy (non-hydrogen) atoms. The number of carbonyl (C=O) groups is 1. The number of ketones is 1. The van der Waals surface area contributed by atoms with Crippen LogP contribution < -0.4 is 0 Å². The largest absolute Gasteiger partial charge is 0.394 e. The van der Waals surface area contributed by atoms with E-state index in [0.717, 1.165) is 69.9 Å². The second-order valence-electron chi connectivity index (χ2n) is 11.7. The summed E-state index contributed by atoms with van der Waals surface area (Å²) in [4.78, 5) is 20.3. The fourth-order valence-electron chi connectivity index (χ4n) is 8.45. The van der Waals surface area contributed by atoms with Crippen molar-refractivity contribution in [1.82, 2.24) is 4.90 Å². The van der Waals surface area contributed by atoms with Gasteiger partial charge in [0.05, 0.1) is 18.9 Å². The quantitative estimate of drug-likeness (QED) is 0.347. The van der Waals surface area contributed by atoms with Crippen molar-refractivity contribution < 1.29 is 14.4 Å². The first-order chi connectivity index (χ1) is 15.4. The minimum Gasteiger partial charge on any atom is -0.394 e. The van der Waals surface area contributed by atoms with E-state index in [4.69, 9.17) is 9.57 Å². The number of allylic oxidation sites excluding steroid dienone is 1. The summed E-state index contributed by atoms with van der Waals surface area (Å²) < 4.78 is 5.42. The molecular formula is C27H42N2O3. The van der Waals surface area contributed by atoms with Gasteiger partial charge in [-0.15, -0.1) is 0 Å². The molecule has 4 fully saturated rings. The first-order valence-electron chi connectivity index (χ1n) is 13.1. The maximum Gasteiger partial charge on any atom is 0.155 e. The van der Waals surface area contributed by atoms with Gasteiger partial charge in [0.25, 0.3) is 0 Å². The van der Waals surface area contributed by atoms with Crippen molar-refractivity contribution in [3.63, 3.8) is 0 Å². The van der Waals surface area contributed by atoms with E-state index in [0.29, 0.717) is 23.7 Å². The standard InChI is InChI=1S/C27H42N2O3/c1-19(28-32-17-14-29-12-15-31-16-13-29)23-6-7-24-22-5-4-20-18-21(30)8-10-26(20,2)25(22)9-11-27(23,24)3/h18,22-25H,4-17H2,1-3H3. The molecule has 1 heterocycles. The molecule has 1 aliphatic heterocycles. The van der Waals surface area contributed by atoms with Crippen LogP contribution in [-0.4, -0.2) is 55.8 Å². The van der Waals surface area contributed by atoms with Crippen LogP contribution in [0.5, 0.6) is 0 Å². The second-order valence-corrected chi connectivity index (χ2v) is 11.7. The Morgan fingerprint density at radius 1 is 1.12 bits per heavy atom. The number of ether oxygens (including phenoxy) is 1. The van der Waals surface area contributed by atoms with Gasteiger partial charge in [0.1, 0.15) is 6.61 Å². The molecule has 0 aromatic heterocycles. The number of nitrogens with zero attached hydrogens (tertiary/aromatic N) is 2. The van der Waals surface area contributed by atoms with Crippen molar-refractivity contribution in [3.8, 4) is 0 Å². The van der Waals surface area contributed by atoms with Crippen LogP contribution in [0.15, 0.2) is 16.8 Å². The molecule has 0 radical (unpaired) electrons. The Labute approximate surface area is 194 Å². The highest BCUT2D eigenvalue weighted by Crippen LogP contribution is 2.66. The number of hydrogen-bond donors (Lipinski definition) is 0. The molecule has 6 atom stereocenters. The number of carbonyl (C=O) groups excluding carboxylic acids is 1. The SMILES string of the molecule is CC(=NOCCN1CCOCC1)C1CCC2C3CCC4=CC(=O)CCC4(C)C3CCC12C. The molecule has 6 unspecified atom stereocenters. The highest BCUT2D eigenvalue weighted by Gasteiger charge is 2.59. The molecule has 1 saturated heterocycles. The van der Waals surface area contributed by atoms with Crippen LogP contribution in [0.25, 0.3) is 0 Å². The Hall–Kier alpha value is -1.20. The minimum atomic E-state index is 0.266. The van der Waals surface area contributed by atoms with E-state index in [2.05, 4.69) is 30.8 Å². The van der Waals surface area contributed by atoms with Crippen molar-refractivity contribution in [1.29, 1.82) is 0 Å². The molecule has 3 saturated carbocycles. The fraction of sp³-hybridized carbons (Fsp3) is 0.852. The summed E-state index contributed by atoms with van der Waals surface area (Å²) in [5, 5.41) is 4.63. The van der Waals surface area contributed by atoms with E-state index in [-0.39, 0.29) is 5.41 Å². The van der Waals surface area contributed by atoms with E-state index in [1.807, 2.05) is 6.08 Å². The molecule has 0 amide bonds. The summed E-state index contributed by atoms with van der Waals surface area (Å²) in [5.41, 5.74) is 3.30. The van der Waals surface area contributed by atoms with Crippen molar-refractivity contribution >= 4 is 11.5 Å². The molecule has 5 heteroatoms. The summed E-state index contributed by atoms with van der Waals surface area (Å²) in [6, 6.07) is 0. The number of fused-ring (bicyclic) bond motifs is 5. The predicted octanol–water partition coefficient (Wildman–Crippen LogP) is 4.86. The van der Waals surface area contributed by atoms with Gasteiger partial charge in [-0.05, 0) is 86.5 Å². The zero-order chi connectivity index (χ0) is 22.3. The number of morpholine rings is 1. The molecule has 5 nitrogen and oxygen atoms in total. The minimum absolute atomic E-state index is 0.266. The molecule has 5 rings (SSSR count). The zero-order valence-electron chi connectivity index (χ0n) is 20.4. The van der Waals surface area contributed by atoms with Crippen molar-refractivity contribution in [2.75, 3.05) is 39.5 Å². The Morgan fingerprint density at radius 3 is 2.75 bits per heavy atom. The van der Waals surface area contributed by atoms with E-state index in [1.54, 1.807) is 0 Å². The van der Waals surface area contributed by atoms with E-state index >= 15 is 0 Å². The topological polar surface area (TPSA) is 51.1 Å². The van der Waals surface area contributed by atoms with Crippen LogP contribution in [0.1, 0.15) is 72.1 Å². The van der Waals surface area contributed by atoms with Crippen molar-refractivity contribution in [3.05, 3.63) is 11.6 Å². The summed E-state index contributed by atoms with van der Waals surface area (Å²) in [6.45, 7) is 12.5. The van der Waals surface area contributed by atoms with E-state index in [9.17, 15) is 4.79 Å². The third-order valence-electron chi connectivity index (χ3n) is 10.3. The van der Waals surface area contributed by atoms with Gasteiger partial charge < -0.3 is 9.57 Å². The number of hydrogen-bond acceptors (Lipinski definition) is 5. The lowest BCUT2D eigenvalue weighted by Gasteiger charge is -2.58. The van der Waals surface area contributed by atoms with Gasteiger partial charge in [-0.2, -0.15) is 0 Å². The second kappa shape index (κ2) is 8.87. The Bertz CT molecular complexity index is 786. The van der Waals surface area contributed by atoms with Crippen LogP contribution in [0.2, 0.25) is 0 Å². The molecule has 0 spiro atoms. The Morgan fingerprint density at radius 2 is 1.94 bits per heavy atom. The Kier molecular flexibility index (Phi) is 6.26. The van der Waals surface area contributed by atoms with Crippen LogP contribution in [0.4, 0.5) is 0 Å². The smallest absolute Gasteiger partial charge is 0.155 e. The predicted molar refractivity (Wildman–Crippen MR) is 127 cm³/mol. The van der Waals surface area contributed by atoms with Crippen LogP contribution in [-0.2, 0) is 14.4 Å². The fourth-order valence-corrected chi connectivity index (χ4v) is 8.45. The van der Waals surface area contributed by atoms with Gasteiger partial charge >= 0.3 is 0 Å². The van der Waals surface area contributed by atoms with Crippen LogP contribution in [0.3, 0.4) is 0 Å². The monoisotopic (exact) mass is 442 g/mol. The first kappa shape index (κ1) is 22.6. The number of rotatable bonds is 5. The van der Waals surface area contributed by atoms with Crippen LogP contribution >= 0.6 is 0 Å². The molecule has 5 aliphatic rings. The molecule has 178 valence electrons. The van der Waals surface area contributed by atoms with E-state index < -0.39 is 0 Å². The first-order valence-corrected chi connectivity index (χ1v) is 13.1. The van der Waals surface area contributed by atoms with Gasteiger partial charge in [-0.25, -0.2) is 0 Å². The van der Waals surface area contributed by atoms with Crippen molar-refractivity contribution in [2.45, 2.75) is 72.1 Å². The molecular weight excluding hydrogens is 400 g/mol. The zero-order valence-corrected chi connectivity index (χ0v) is 20.4. The Balaban J connectivity index is 1.23. The van der Waals surface area contributed by atoms with Gasteiger partial charge in [0.2, 0.25) is 0 Å². The lowest BCUT2D eigenvalue weighted by Crippen LogP contribution is -2.51. The normalized spacial score (nSPS) is 42.7. The number of oxime groups is 1. The summed E-state index contributed by atoms with van der Waals surface area (Å²) in [7, 11) is 0. The molecule has 0 N–H and O–H groups in total. The van der Waals surface area contributed by atoms with Gasteiger partial charge in [-0.1, -0.05) is 24.6 Å². The van der Waals surface area contributed by atoms with Crippen molar-refractivity contribution in [2.24, 2.45) is 39.7 Å².